The Hall–Kier alpha value is -7.64. The third-order valence-corrected chi connectivity index (χ3v) is 19.0. The van der Waals surface area contributed by atoms with E-state index in [0.717, 1.165) is 97.8 Å². The molecule has 20 nitrogen and oxygen atoms in total. The molecule has 6 fully saturated rings. The average Bonchev–Trinajstić information content (AvgIpc) is 4.09. The first-order chi connectivity index (χ1) is 40.2. The standard InChI is InChI=1S/C62H73N13O7S/c1-37(2)57(61(79)74-33-45(76)26-52(74)60(78)67-38(3)40-9-11-41(12-10-40)58-39(4)66-36-83-58)54-30-55(70-82-54)72-23-18-62(34-63,19-24-72)35-71-21-16-46(17-22-71)80-47-27-48(28-47)81-56-25-42(15-20-65-56)75-43-13-14-44(75)32-73(31-43)51-29-50(68-69-59(51)64)49-7-5-6-8-53(49)77/h5-12,15,20,25,29-30,36-37,43-48,52,57,76-77H,3,13-14,16-19,21-24,26-28,31-33,35H2,1-2,4H3,(H2,64,69)(H,67,78)/t43?,44?,45-,47?,48?,52+,57-/m1/s1. The summed E-state index contributed by atoms with van der Waals surface area (Å²) >= 11 is 1.57. The van der Waals surface area contributed by atoms with Crippen LogP contribution >= 0.6 is 11.3 Å². The first-order valence-corrected chi connectivity index (χ1v) is 30.1. The molecular formula is C62H73N13O7S. The highest BCUT2D eigenvalue weighted by Crippen LogP contribution is 2.42. The molecule has 5 saturated heterocycles. The van der Waals surface area contributed by atoms with Gasteiger partial charge in [0.15, 0.2) is 17.4 Å². The monoisotopic (exact) mass is 1140 g/mol. The van der Waals surface area contributed by atoms with Crippen LogP contribution in [0.3, 0.4) is 0 Å². The van der Waals surface area contributed by atoms with Crippen LogP contribution in [0.4, 0.5) is 23.0 Å². The lowest BCUT2D eigenvalue weighted by molar-refractivity contribution is -0.140. The van der Waals surface area contributed by atoms with Crippen LogP contribution < -0.4 is 30.5 Å². The van der Waals surface area contributed by atoms with Gasteiger partial charge in [-0.2, -0.15) is 5.26 Å². The maximum Gasteiger partial charge on any atom is 0.247 e. The molecule has 5 N–H and O–H groups in total. The molecule has 5 aliphatic heterocycles. The van der Waals surface area contributed by atoms with Gasteiger partial charge >= 0.3 is 0 Å². The molecule has 21 heteroatoms. The van der Waals surface area contributed by atoms with Crippen molar-refractivity contribution in [2.45, 2.75) is 127 Å². The molecule has 0 radical (unpaired) electrons. The van der Waals surface area contributed by atoms with E-state index in [4.69, 9.17) is 19.7 Å². The molecule has 5 atom stereocenters. The summed E-state index contributed by atoms with van der Waals surface area (Å²) in [5, 5.41) is 47.8. The number of hydrogen-bond donors (Lipinski definition) is 4. The molecule has 2 aromatic carbocycles. The van der Waals surface area contributed by atoms with Crippen molar-refractivity contribution in [2.24, 2.45) is 11.3 Å². The van der Waals surface area contributed by atoms with Crippen molar-refractivity contribution >= 4 is 51.9 Å². The predicted octanol–water partition coefficient (Wildman–Crippen LogP) is 7.79. The molecule has 12 rings (SSSR count). The summed E-state index contributed by atoms with van der Waals surface area (Å²) in [5.41, 5.74) is 14.0. The second kappa shape index (κ2) is 23.5. The Morgan fingerprint density at radius 2 is 1.66 bits per heavy atom. The third kappa shape index (κ3) is 11.7. The number of amides is 2. The summed E-state index contributed by atoms with van der Waals surface area (Å²) in [4.78, 5) is 49.1. The van der Waals surface area contributed by atoms with Gasteiger partial charge < -0.3 is 59.8 Å². The number of nitrogens with two attached hydrogens (primary N) is 1. The number of ether oxygens (including phenoxy) is 2. The van der Waals surface area contributed by atoms with E-state index >= 15 is 0 Å². The number of fused-ring (bicyclic) bond motifs is 2. The Kier molecular flexibility index (Phi) is 15.9. The van der Waals surface area contributed by atoms with E-state index in [1.54, 1.807) is 23.5 Å². The first kappa shape index (κ1) is 55.9. The first-order valence-electron chi connectivity index (χ1n) is 29.3. The number of phenols is 1. The lowest BCUT2D eigenvalue weighted by Gasteiger charge is -2.44. The van der Waals surface area contributed by atoms with Gasteiger partial charge in [-0.05, 0) is 86.8 Å². The van der Waals surface area contributed by atoms with E-state index in [0.29, 0.717) is 72.7 Å². The van der Waals surface area contributed by atoms with Gasteiger partial charge in [-0.15, -0.1) is 21.5 Å². The Bertz CT molecular complexity index is 3350. The second-order valence-corrected chi connectivity index (χ2v) is 24.8. The fourth-order valence-corrected chi connectivity index (χ4v) is 14.2. The smallest absolute Gasteiger partial charge is 0.247 e. The number of carbonyl (C=O) groups excluding carboxylic acids is 2. The molecule has 4 aromatic heterocycles. The average molecular weight is 1140 g/mol. The van der Waals surface area contributed by atoms with Gasteiger partial charge in [-0.25, -0.2) is 9.97 Å². The van der Waals surface area contributed by atoms with Crippen LogP contribution in [0.25, 0.3) is 27.4 Å². The lowest BCUT2D eigenvalue weighted by atomic mass is 9.79. The Balaban J connectivity index is 0.581. The zero-order valence-electron chi connectivity index (χ0n) is 47.3. The molecule has 83 heavy (non-hydrogen) atoms. The zero-order valence-corrected chi connectivity index (χ0v) is 48.2. The second-order valence-electron chi connectivity index (χ2n) is 23.9. The quantitative estimate of drug-likeness (QED) is 0.0680. The number of benzene rings is 2. The van der Waals surface area contributed by atoms with E-state index in [-0.39, 0.29) is 60.9 Å². The Morgan fingerprint density at radius 3 is 2.36 bits per heavy atom. The Labute approximate surface area is 487 Å². The normalized spacial score (nSPS) is 23.9. The van der Waals surface area contributed by atoms with Gasteiger partial charge in [0.05, 0.1) is 57.3 Å². The van der Waals surface area contributed by atoms with Gasteiger partial charge in [-0.1, -0.05) is 62.0 Å². The minimum atomic E-state index is -0.897. The number of aromatic hydroxyl groups is 1. The number of aromatic nitrogens is 5. The topological polar surface area (TPSA) is 249 Å². The molecule has 6 aliphatic rings. The van der Waals surface area contributed by atoms with Gasteiger partial charge in [0.2, 0.25) is 17.7 Å². The van der Waals surface area contributed by atoms with Crippen LogP contribution in [0.2, 0.25) is 0 Å². The maximum atomic E-state index is 14.4. The largest absolute Gasteiger partial charge is 0.507 e. The summed E-state index contributed by atoms with van der Waals surface area (Å²) in [6, 6.07) is 25.2. The SMILES string of the molecule is C=C(NC(=O)[C@@H]1C[C@@H](O)CN1C(=O)[C@@H](c1cc(N2CCC(C#N)(CN3CCC(OC4CC(Oc5cc(N6C7CCC6CN(c6cc(-c8ccccc8O)nnc6N)C7)ccn5)C4)CC3)CC2)no1)C(C)C)c1ccc(-c2scnc2C)cc1. The molecule has 2 bridgehead atoms. The maximum absolute atomic E-state index is 14.4. The molecule has 434 valence electrons. The van der Waals surface area contributed by atoms with Crippen molar-refractivity contribution < 1.29 is 33.8 Å². The number of para-hydroxylation sites is 1. The van der Waals surface area contributed by atoms with E-state index in [9.17, 15) is 25.1 Å². The molecule has 0 spiro atoms. The molecule has 2 unspecified atom stereocenters. The summed E-state index contributed by atoms with van der Waals surface area (Å²) in [6.07, 6.45) is 8.36. The number of pyridine rings is 1. The number of piperazine rings is 1. The van der Waals surface area contributed by atoms with Crippen molar-refractivity contribution in [2.75, 3.05) is 72.8 Å². The number of nitriles is 1. The number of likely N-dealkylation sites (tertiary alicyclic amines) is 2. The number of rotatable bonds is 17. The number of carbonyl (C=O) groups is 2. The van der Waals surface area contributed by atoms with Crippen LogP contribution in [0.1, 0.15) is 94.6 Å². The number of thiazole rings is 1. The van der Waals surface area contributed by atoms with E-state index in [2.05, 4.69) is 75.0 Å². The summed E-state index contributed by atoms with van der Waals surface area (Å²) in [7, 11) is 0. The summed E-state index contributed by atoms with van der Waals surface area (Å²) < 4.78 is 19.0. The number of piperidine rings is 2. The van der Waals surface area contributed by atoms with Crippen LogP contribution in [-0.4, -0.2) is 152 Å². The highest BCUT2D eigenvalue weighted by molar-refractivity contribution is 7.13. The number of aliphatic hydroxyl groups is 1. The third-order valence-electron chi connectivity index (χ3n) is 18.0. The van der Waals surface area contributed by atoms with Crippen LogP contribution in [0.5, 0.6) is 11.6 Å². The molecule has 1 aliphatic carbocycles. The minimum absolute atomic E-state index is 0.0219. The summed E-state index contributed by atoms with van der Waals surface area (Å²) in [6.45, 7) is 15.2. The van der Waals surface area contributed by atoms with Crippen molar-refractivity contribution in [3.05, 3.63) is 108 Å². The lowest BCUT2D eigenvalue weighted by Crippen LogP contribution is -2.54. The van der Waals surface area contributed by atoms with Crippen molar-refractivity contribution in [1.29, 1.82) is 5.26 Å². The van der Waals surface area contributed by atoms with Crippen LogP contribution in [-0.2, 0) is 14.3 Å². The molecule has 9 heterocycles. The van der Waals surface area contributed by atoms with Gasteiger partial charge in [-0.3, -0.25) is 9.59 Å². The number of β-amino-alcohol motifs (C(OH)–C–C–N with tert-alkyl or cyclic N) is 1. The van der Waals surface area contributed by atoms with Crippen molar-refractivity contribution in [3.63, 3.8) is 0 Å². The zero-order chi connectivity index (χ0) is 57.5. The number of hydrogen-bond acceptors (Lipinski definition) is 19. The van der Waals surface area contributed by atoms with Gasteiger partial charge in [0, 0.05) is 119 Å². The number of nitrogen functional groups attached to an aromatic ring is 1. The molecular weight excluding hydrogens is 1070 g/mol. The highest BCUT2D eigenvalue weighted by Gasteiger charge is 2.45. The minimum Gasteiger partial charge on any atom is -0.507 e. The predicted molar refractivity (Wildman–Crippen MR) is 316 cm³/mol. The fourth-order valence-electron chi connectivity index (χ4n) is 13.4. The summed E-state index contributed by atoms with van der Waals surface area (Å²) in [5.74, 6) is 0.534. The van der Waals surface area contributed by atoms with E-state index < -0.39 is 29.4 Å². The van der Waals surface area contributed by atoms with Crippen molar-refractivity contribution in [1.82, 2.24) is 40.4 Å². The van der Waals surface area contributed by atoms with E-state index in [1.165, 1.54) is 4.90 Å². The number of nitrogens with zero attached hydrogens (tertiary/aromatic N) is 11. The number of aryl methyl sites for hydroxylation is 1. The fraction of sp³-hybridized carbons (Fsp3) is 0.484. The van der Waals surface area contributed by atoms with Crippen molar-refractivity contribution in [3.8, 4) is 39.4 Å². The molecule has 6 aromatic rings. The van der Waals surface area contributed by atoms with Crippen LogP contribution in [0.15, 0.2) is 95.6 Å². The Morgan fingerprint density at radius 1 is 0.916 bits per heavy atom. The van der Waals surface area contributed by atoms with Gasteiger partial charge in [0.1, 0.15) is 23.8 Å². The van der Waals surface area contributed by atoms with Gasteiger partial charge in [0.25, 0.3) is 0 Å². The highest BCUT2D eigenvalue weighted by atomic mass is 32.1. The molecule has 2 amide bonds. The number of anilines is 4. The number of phenolic OH excluding ortho intramolecular Hbond substituents is 1. The van der Waals surface area contributed by atoms with Crippen LogP contribution in [0, 0.1) is 29.6 Å². The van der Waals surface area contributed by atoms with E-state index in [1.807, 2.05) is 81.0 Å². The molecule has 1 saturated carbocycles. The number of nitrogens with one attached hydrogen (secondary N) is 1. The number of aliphatic hydroxyl groups excluding tert-OH is 1.